The highest BCUT2D eigenvalue weighted by Crippen LogP contribution is 2.31. The number of hydrogen-bond donors (Lipinski definition) is 1. The Kier molecular flexibility index (Phi) is 7.07. The Morgan fingerprint density at radius 1 is 1.08 bits per heavy atom. The normalized spacial score (nSPS) is 15.4. The number of benzene rings is 1. The Labute approximate surface area is 212 Å². The number of hydrogen-bond acceptors (Lipinski definition) is 5. The largest absolute Gasteiger partial charge is 0.346 e. The van der Waals surface area contributed by atoms with Gasteiger partial charge in [0.2, 0.25) is 0 Å². The minimum atomic E-state index is -0.363. The van der Waals surface area contributed by atoms with Crippen molar-refractivity contribution in [3.05, 3.63) is 83.4 Å². The first-order valence-electron chi connectivity index (χ1n) is 12.6. The van der Waals surface area contributed by atoms with Crippen molar-refractivity contribution >= 4 is 11.0 Å². The lowest BCUT2D eigenvalue weighted by Crippen LogP contribution is -2.29. The third kappa shape index (κ3) is 5.15. The summed E-state index contributed by atoms with van der Waals surface area (Å²) in [5, 5.41) is 19.5. The van der Waals surface area contributed by atoms with Crippen LogP contribution in [0, 0.1) is 22.7 Å². The quantitative estimate of drug-likeness (QED) is 0.358. The summed E-state index contributed by atoms with van der Waals surface area (Å²) in [5.74, 6) is 0.286. The zero-order valence-electron chi connectivity index (χ0n) is 20.6. The first kappa shape index (κ1) is 23.7. The van der Waals surface area contributed by atoms with Crippen molar-refractivity contribution < 1.29 is 0 Å². The number of nitriles is 2. The first-order chi connectivity index (χ1) is 17.6. The number of aromatic nitrogens is 3. The molecule has 1 atom stereocenters. The molecule has 6 nitrogen and oxygen atoms in total. The Hall–Kier alpha value is -4.00. The van der Waals surface area contributed by atoms with E-state index in [-0.39, 0.29) is 5.92 Å². The Morgan fingerprint density at radius 3 is 2.64 bits per heavy atom. The zero-order chi connectivity index (χ0) is 24.9. The molecule has 1 aromatic carbocycles. The molecule has 36 heavy (non-hydrogen) atoms. The number of nitrogens with one attached hydrogen (secondary N) is 1. The molecule has 0 aliphatic carbocycles. The summed E-state index contributed by atoms with van der Waals surface area (Å²) in [4.78, 5) is 15.1. The van der Waals surface area contributed by atoms with Crippen LogP contribution in [0.15, 0.2) is 60.9 Å². The van der Waals surface area contributed by atoms with E-state index >= 15 is 0 Å². The van der Waals surface area contributed by atoms with Crippen molar-refractivity contribution in [3.8, 4) is 23.3 Å². The molecule has 180 valence electrons. The molecule has 1 fully saturated rings. The third-order valence-corrected chi connectivity index (χ3v) is 7.31. The molecule has 5 rings (SSSR count). The molecule has 0 spiro atoms. The van der Waals surface area contributed by atoms with Crippen molar-refractivity contribution in [2.45, 2.75) is 43.9 Å². The van der Waals surface area contributed by atoms with Crippen LogP contribution in [0.4, 0.5) is 0 Å². The summed E-state index contributed by atoms with van der Waals surface area (Å²) < 4.78 is 0. The number of piperidine rings is 1. The van der Waals surface area contributed by atoms with Gasteiger partial charge in [0.05, 0.1) is 23.8 Å². The van der Waals surface area contributed by atoms with E-state index in [1.807, 2.05) is 30.6 Å². The topological polar surface area (TPSA) is 92.4 Å². The summed E-state index contributed by atoms with van der Waals surface area (Å²) in [7, 11) is 2.20. The third-order valence-electron chi connectivity index (χ3n) is 7.31. The molecule has 0 amide bonds. The SMILES string of the molecule is CN1CCC(c2ccc(-c3cnc4[nH]cc(Cc5cccc(C(C#N)CCC#N)n5)c4c3)cc2)CC1. The molecule has 4 heterocycles. The van der Waals surface area contributed by atoms with Gasteiger partial charge < -0.3 is 9.88 Å². The van der Waals surface area contributed by atoms with Gasteiger partial charge in [0, 0.05) is 41.9 Å². The van der Waals surface area contributed by atoms with E-state index in [0.717, 1.165) is 46.6 Å². The molecular weight excluding hydrogens is 444 g/mol. The maximum atomic E-state index is 9.52. The molecule has 3 aromatic heterocycles. The number of nitrogens with zero attached hydrogens (tertiary/aromatic N) is 5. The van der Waals surface area contributed by atoms with Gasteiger partial charge in [-0.2, -0.15) is 10.5 Å². The highest BCUT2D eigenvalue weighted by Gasteiger charge is 2.18. The van der Waals surface area contributed by atoms with E-state index < -0.39 is 0 Å². The summed E-state index contributed by atoms with van der Waals surface area (Å²) in [6.07, 6.45) is 7.86. The van der Waals surface area contributed by atoms with E-state index in [1.165, 1.54) is 24.0 Å². The highest BCUT2D eigenvalue weighted by molar-refractivity contribution is 5.85. The summed E-state index contributed by atoms with van der Waals surface area (Å²) in [6.45, 7) is 2.33. The molecule has 1 aliphatic heterocycles. The summed E-state index contributed by atoms with van der Waals surface area (Å²) >= 11 is 0. The molecule has 4 aromatic rings. The average Bonchev–Trinajstić information content (AvgIpc) is 3.32. The first-order valence-corrected chi connectivity index (χ1v) is 12.6. The van der Waals surface area contributed by atoms with Gasteiger partial charge in [-0.3, -0.25) is 4.98 Å². The smallest absolute Gasteiger partial charge is 0.137 e. The number of rotatable bonds is 7. The van der Waals surface area contributed by atoms with Crippen LogP contribution in [0.25, 0.3) is 22.2 Å². The second kappa shape index (κ2) is 10.7. The number of fused-ring (bicyclic) bond motifs is 1. The van der Waals surface area contributed by atoms with Crippen LogP contribution in [-0.4, -0.2) is 40.0 Å². The van der Waals surface area contributed by atoms with Gasteiger partial charge in [0.15, 0.2) is 0 Å². The molecule has 0 saturated carbocycles. The maximum Gasteiger partial charge on any atom is 0.137 e. The fourth-order valence-electron chi connectivity index (χ4n) is 5.12. The number of likely N-dealkylation sites (tertiary alicyclic amines) is 1. The Bertz CT molecular complexity index is 1410. The fraction of sp³-hybridized carbons (Fsp3) is 0.333. The molecule has 1 aliphatic rings. The van der Waals surface area contributed by atoms with Gasteiger partial charge in [-0.05, 0) is 80.2 Å². The molecule has 0 bridgehead atoms. The van der Waals surface area contributed by atoms with Gasteiger partial charge in [-0.15, -0.1) is 0 Å². The van der Waals surface area contributed by atoms with Crippen molar-refractivity contribution in [3.63, 3.8) is 0 Å². The lowest BCUT2D eigenvalue weighted by molar-refractivity contribution is 0.255. The Morgan fingerprint density at radius 2 is 1.89 bits per heavy atom. The zero-order valence-corrected chi connectivity index (χ0v) is 20.6. The second-order valence-corrected chi connectivity index (χ2v) is 9.74. The van der Waals surface area contributed by atoms with Crippen LogP contribution < -0.4 is 0 Å². The van der Waals surface area contributed by atoms with Crippen LogP contribution in [0.5, 0.6) is 0 Å². The fourth-order valence-corrected chi connectivity index (χ4v) is 5.12. The van der Waals surface area contributed by atoms with Gasteiger partial charge in [-0.1, -0.05) is 30.3 Å². The molecule has 1 N–H and O–H groups in total. The summed E-state index contributed by atoms with van der Waals surface area (Å²) in [6, 6.07) is 21.4. The summed E-state index contributed by atoms with van der Waals surface area (Å²) in [5.41, 5.74) is 7.31. The molecule has 1 unspecified atom stereocenters. The second-order valence-electron chi connectivity index (χ2n) is 9.74. The van der Waals surface area contributed by atoms with Gasteiger partial charge in [0.25, 0.3) is 0 Å². The average molecular weight is 475 g/mol. The van der Waals surface area contributed by atoms with Crippen molar-refractivity contribution in [2.24, 2.45) is 0 Å². The van der Waals surface area contributed by atoms with Crippen LogP contribution in [0.2, 0.25) is 0 Å². The maximum absolute atomic E-state index is 9.52. The van der Waals surface area contributed by atoms with Gasteiger partial charge >= 0.3 is 0 Å². The standard InChI is InChI=1S/C30H30N6/c1-36-14-11-23(12-15-36)21-7-9-22(10-8-21)25-17-28-26(20-34-30(28)33-19-25)16-27-5-2-6-29(35-27)24(18-32)4-3-13-31/h2,5-10,17,19-20,23-24H,3-4,11-12,14-16H2,1H3,(H,33,34). The van der Waals surface area contributed by atoms with Crippen molar-refractivity contribution in [1.29, 1.82) is 10.5 Å². The Balaban J connectivity index is 1.36. The van der Waals surface area contributed by atoms with E-state index in [0.29, 0.717) is 25.2 Å². The molecular formula is C30H30N6. The van der Waals surface area contributed by atoms with E-state index in [2.05, 4.69) is 64.4 Å². The lowest BCUT2D eigenvalue weighted by atomic mass is 9.89. The monoisotopic (exact) mass is 474 g/mol. The number of H-pyrrole nitrogens is 1. The van der Waals surface area contributed by atoms with Crippen LogP contribution in [0.3, 0.4) is 0 Å². The lowest BCUT2D eigenvalue weighted by Gasteiger charge is -2.29. The minimum absolute atomic E-state index is 0.347. The minimum Gasteiger partial charge on any atom is -0.346 e. The predicted octanol–water partition coefficient (Wildman–Crippen LogP) is 5.94. The van der Waals surface area contributed by atoms with E-state index in [4.69, 9.17) is 10.2 Å². The highest BCUT2D eigenvalue weighted by atomic mass is 15.1. The van der Waals surface area contributed by atoms with Crippen LogP contribution >= 0.6 is 0 Å². The number of aromatic amines is 1. The van der Waals surface area contributed by atoms with Crippen molar-refractivity contribution in [1.82, 2.24) is 19.9 Å². The van der Waals surface area contributed by atoms with Crippen LogP contribution in [-0.2, 0) is 6.42 Å². The molecule has 1 saturated heterocycles. The predicted molar refractivity (Wildman–Crippen MR) is 141 cm³/mol. The van der Waals surface area contributed by atoms with E-state index in [9.17, 15) is 5.26 Å². The molecule has 6 heteroatoms. The number of pyridine rings is 2. The molecule has 0 radical (unpaired) electrons. The van der Waals surface area contributed by atoms with E-state index in [1.54, 1.807) is 0 Å². The van der Waals surface area contributed by atoms with Crippen molar-refractivity contribution in [2.75, 3.05) is 20.1 Å². The van der Waals surface area contributed by atoms with Gasteiger partial charge in [0.1, 0.15) is 5.65 Å². The van der Waals surface area contributed by atoms with Crippen LogP contribution in [0.1, 0.15) is 60.0 Å². The van der Waals surface area contributed by atoms with Gasteiger partial charge in [-0.25, -0.2) is 4.98 Å².